The van der Waals surface area contributed by atoms with E-state index in [0.717, 1.165) is 12.1 Å². The zero-order valence-corrected chi connectivity index (χ0v) is 12.5. The summed E-state index contributed by atoms with van der Waals surface area (Å²) >= 11 is 0. The molecule has 0 unspecified atom stereocenters. The molecule has 6 nitrogen and oxygen atoms in total. The molecular weight excluding hydrogens is 327 g/mol. The van der Waals surface area contributed by atoms with Gasteiger partial charge in [-0.05, 0) is 24.1 Å². The highest BCUT2D eigenvalue weighted by Crippen LogP contribution is 2.29. The van der Waals surface area contributed by atoms with Crippen LogP contribution < -0.4 is 16.4 Å². The first-order valence-electron chi connectivity index (χ1n) is 7.22. The lowest BCUT2D eigenvalue weighted by Crippen LogP contribution is -2.51. The van der Waals surface area contributed by atoms with Gasteiger partial charge in [0, 0.05) is 12.8 Å². The predicted octanol–water partition coefficient (Wildman–Crippen LogP) is 0.497. The number of nitrogens with one attached hydrogen (secondary N) is 2. The number of nitrogens with two attached hydrogens (primary N) is 1. The zero-order chi connectivity index (χ0) is 17.9. The smallest absolute Gasteiger partial charge is 0.368 e. The number of hydrogen-bond donors (Lipinski definition) is 3. The van der Waals surface area contributed by atoms with E-state index in [1.54, 1.807) is 0 Å². The van der Waals surface area contributed by atoms with E-state index in [2.05, 4.69) is 10.6 Å². The maximum Gasteiger partial charge on any atom is 0.416 e. The molecule has 3 amide bonds. The van der Waals surface area contributed by atoms with Gasteiger partial charge in [0.15, 0.2) is 0 Å². The standard InChI is InChI=1S/C15H16F3N3O3/c16-15(17,18)9-3-1-8(2-4-9)7-11(13(19)23)21-14(24)10-5-6-12(22)20-10/h1-4,10-11H,5-7H2,(H2,19,23)(H,20,22)(H,21,24)/t10-,11-/m0/s1. The van der Waals surface area contributed by atoms with Crippen molar-refractivity contribution in [2.24, 2.45) is 5.73 Å². The highest BCUT2D eigenvalue weighted by atomic mass is 19.4. The Morgan fingerprint density at radius 2 is 1.92 bits per heavy atom. The number of hydrogen-bond acceptors (Lipinski definition) is 3. The molecular formula is C15H16F3N3O3. The molecule has 0 radical (unpaired) electrons. The van der Waals surface area contributed by atoms with Crippen molar-refractivity contribution in [3.8, 4) is 0 Å². The van der Waals surface area contributed by atoms with E-state index >= 15 is 0 Å². The number of alkyl halides is 3. The van der Waals surface area contributed by atoms with Gasteiger partial charge in [0.2, 0.25) is 17.7 Å². The number of benzene rings is 1. The molecule has 1 aliphatic heterocycles. The fourth-order valence-corrected chi connectivity index (χ4v) is 2.37. The van der Waals surface area contributed by atoms with E-state index < -0.39 is 35.6 Å². The molecule has 9 heteroatoms. The van der Waals surface area contributed by atoms with E-state index in [9.17, 15) is 27.6 Å². The molecule has 0 aromatic heterocycles. The molecule has 1 fully saturated rings. The average Bonchev–Trinajstić information content (AvgIpc) is 2.92. The highest BCUT2D eigenvalue weighted by molar-refractivity contribution is 5.93. The molecule has 1 aromatic carbocycles. The summed E-state index contributed by atoms with van der Waals surface area (Å²) in [4.78, 5) is 34.6. The lowest BCUT2D eigenvalue weighted by molar-refractivity contribution is -0.137. The van der Waals surface area contributed by atoms with E-state index in [1.807, 2.05) is 0 Å². The molecule has 130 valence electrons. The number of rotatable bonds is 5. The van der Waals surface area contributed by atoms with Gasteiger partial charge >= 0.3 is 6.18 Å². The van der Waals surface area contributed by atoms with Crippen LogP contribution in [0.25, 0.3) is 0 Å². The molecule has 0 bridgehead atoms. The Morgan fingerprint density at radius 1 is 1.29 bits per heavy atom. The quantitative estimate of drug-likeness (QED) is 0.725. The van der Waals surface area contributed by atoms with Gasteiger partial charge in [0.05, 0.1) is 5.56 Å². The number of halogens is 3. The van der Waals surface area contributed by atoms with Crippen molar-refractivity contribution in [2.75, 3.05) is 0 Å². The van der Waals surface area contributed by atoms with Crippen LogP contribution in [0.3, 0.4) is 0 Å². The number of primary amides is 1. The summed E-state index contributed by atoms with van der Waals surface area (Å²) in [7, 11) is 0. The summed E-state index contributed by atoms with van der Waals surface area (Å²) in [6.07, 6.45) is -3.95. The largest absolute Gasteiger partial charge is 0.416 e. The summed E-state index contributed by atoms with van der Waals surface area (Å²) < 4.78 is 37.6. The van der Waals surface area contributed by atoms with Crippen LogP contribution in [0.1, 0.15) is 24.0 Å². The van der Waals surface area contributed by atoms with Crippen LogP contribution in [0, 0.1) is 0 Å². The van der Waals surface area contributed by atoms with Crippen LogP contribution in [0.2, 0.25) is 0 Å². The van der Waals surface area contributed by atoms with Crippen LogP contribution in [0.5, 0.6) is 0 Å². The maximum absolute atomic E-state index is 12.5. The van der Waals surface area contributed by atoms with Crippen LogP contribution in [-0.2, 0) is 27.0 Å². The third-order valence-corrected chi connectivity index (χ3v) is 3.69. The van der Waals surface area contributed by atoms with Crippen molar-refractivity contribution in [2.45, 2.75) is 37.5 Å². The SMILES string of the molecule is NC(=O)[C@H](Cc1ccc(C(F)(F)F)cc1)NC(=O)[C@@H]1CCC(=O)N1. The Hall–Kier alpha value is -2.58. The molecule has 1 saturated heterocycles. The van der Waals surface area contributed by atoms with Crippen LogP contribution in [-0.4, -0.2) is 29.8 Å². The Balaban J connectivity index is 2.02. The van der Waals surface area contributed by atoms with Crippen LogP contribution >= 0.6 is 0 Å². The summed E-state index contributed by atoms with van der Waals surface area (Å²) in [5, 5.41) is 4.88. The van der Waals surface area contributed by atoms with Crippen LogP contribution in [0.15, 0.2) is 24.3 Å². The van der Waals surface area contributed by atoms with E-state index in [4.69, 9.17) is 5.73 Å². The minimum atomic E-state index is -4.45. The molecule has 2 rings (SSSR count). The van der Waals surface area contributed by atoms with E-state index in [0.29, 0.717) is 12.0 Å². The van der Waals surface area contributed by atoms with Crippen molar-refractivity contribution < 1.29 is 27.6 Å². The summed E-state index contributed by atoms with van der Waals surface area (Å²) in [6.45, 7) is 0. The maximum atomic E-state index is 12.5. The lowest BCUT2D eigenvalue weighted by Gasteiger charge is -2.18. The van der Waals surface area contributed by atoms with E-state index in [-0.39, 0.29) is 18.7 Å². The topological polar surface area (TPSA) is 101 Å². The fourth-order valence-electron chi connectivity index (χ4n) is 2.37. The molecule has 0 spiro atoms. The molecule has 0 aliphatic carbocycles. The summed E-state index contributed by atoms with van der Waals surface area (Å²) in [5.41, 5.74) is 4.85. The second-order valence-electron chi connectivity index (χ2n) is 5.52. The molecule has 1 heterocycles. The first-order chi connectivity index (χ1) is 11.2. The minimum Gasteiger partial charge on any atom is -0.368 e. The average molecular weight is 343 g/mol. The Morgan fingerprint density at radius 3 is 2.38 bits per heavy atom. The predicted molar refractivity (Wildman–Crippen MR) is 77.4 cm³/mol. The minimum absolute atomic E-state index is 0.0418. The monoisotopic (exact) mass is 343 g/mol. The van der Waals surface area contributed by atoms with Gasteiger partial charge < -0.3 is 16.4 Å². The summed E-state index contributed by atoms with van der Waals surface area (Å²) in [6, 6.07) is 2.43. The van der Waals surface area contributed by atoms with Crippen molar-refractivity contribution in [1.82, 2.24) is 10.6 Å². The Labute approximate surface area is 135 Å². The van der Waals surface area contributed by atoms with Gasteiger partial charge in [-0.2, -0.15) is 13.2 Å². The molecule has 2 atom stereocenters. The molecule has 1 aromatic rings. The first-order valence-corrected chi connectivity index (χ1v) is 7.22. The lowest BCUT2D eigenvalue weighted by atomic mass is 10.0. The van der Waals surface area contributed by atoms with Gasteiger partial charge in [-0.3, -0.25) is 14.4 Å². The number of carbonyl (C=O) groups is 3. The third kappa shape index (κ3) is 4.46. The van der Waals surface area contributed by atoms with Gasteiger partial charge in [-0.15, -0.1) is 0 Å². The molecule has 0 saturated carbocycles. The molecule has 4 N–H and O–H groups in total. The molecule has 1 aliphatic rings. The second-order valence-corrected chi connectivity index (χ2v) is 5.52. The number of carbonyl (C=O) groups excluding carboxylic acids is 3. The fraction of sp³-hybridized carbons (Fsp3) is 0.400. The first kappa shape index (κ1) is 17.8. The van der Waals surface area contributed by atoms with Gasteiger partial charge in [0.1, 0.15) is 12.1 Å². The van der Waals surface area contributed by atoms with Crippen LogP contribution in [0.4, 0.5) is 13.2 Å². The highest BCUT2D eigenvalue weighted by Gasteiger charge is 2.31. The second kappa shape index (κ2) is 6.90. The van der Waals surface area contributed by atoms with Crippen molar-refractivity contribution >= 4 is 17.7 Å². The third-order valence-electron chi connectivity index (χ3n) is 3.69. The van der Waals surface area contributed by atoms with E-state index in [1.165, 1.54) is 12.1 Å². The zero-order valence-electron chi connectivity index (χ0n) is 12.5. The Bertz CT molecular complexity index is 644. The van der Waals surface area contributed by atoms with Crippen molar-refractivity contribution in [3.63, 3.8) is 0 Å². The van der Waals surface area contributed by atoms with Crippen molar-refractivity contribution in [3.05, 3.63) is 35.4 Å². The van der Waals surface area contributed by atoms with Gasteiger partial charge in [0.25, 0.3) is 0 Å². The molecule has 24 heavy (non-hydrogen) atoms. The Kier molecular flexibility index (Phi) is 5.10. The normalized spacial score (nSPS) is 18.8. The van der Waals surface area contributed by atoms with Gasteiger partial charge in [-0.1, -0.05) is 12.1 Å². The van der Waals surface area contributed by atoms with Gasteiger partial charge in [-0.25, -0.2) is 0 Å². The number of amides is 3. The summed E-state index contributed by atoms with van der Waals surface area (Å²) in [5.74, 6) is -1.61. The van der Waals surface area contributed by atoms with Crippen molar-refractivity contribution in [1.29, 1.82) is 0 Å².